The van der Waals surface area contributed by atoms with Crippen molar-refractivity contribution in [2.45, 2.75) is 30.1 Å². The van der Waals surface area contributed by atoms with E-state index in [1.165, 1.54) is 11.4 Å². The van der Waals surface area contributed by atoms with Gasteiger partial charge in [-0.3, -0.25) is 0 Å². The SMILES string of the molecule is COC(=O)c1cccc(COCC2CC(O)CN2S(=O)(=O)c2ccc3ccccc3c2)c1. The fraction of sp³-hybridized carbons (Fsp3) is 0.292. The number of hydrogen-bond acceptors (Lipinski definition) is 6. The lowest BCUT2D eigenvalue weighted by Gasteiger charge is -2.24. The number of hydrogen-bond donors (Lipinski definition) is 1. The summed E-state index contributed by atoms with van der Waals surface area (Å²) in [5.41, 5.74) is 1.20. The summed E-state index contributed by atoms with van der Waals surface area (Å²) in [6.45, 7) is 0.370. The van der Waals surface area contributed by atoms with Gasteiger partial charge in [-0.1, -0.05) is 42.5 Å². The first-order valence-corrected chi connectivity index (χ1v) is 11.8. The van der Waals surface area contributed by atoms with Crippen molar-refractivity contribution in [2.24, 2.45) is 0 Å². The van der Waals surface area contributed by atoms with Crippen LogP contribution in [0.1, 0.15) is 22.3 Å². The van der Waals surface area contributed by atoms with E-state index < -0.39 is 28.1 Å². The van der Waals surface area contributed by atoms with Gasteiger partial charge < -0.3 is 14.6 Å². The zero-order chi connectivity index (χ0) is 22.7. The smallest absolute Gasteiger partial charge is 0.337 e. The maximum Gasteiger partial charge on any atom is 0.337 e. The zero-order valence-electron chi connectivity index (χ0n) is 17.7. The maximum absolute atomic E-state index is 13.3. The van der Waals surface area contributed by atoms with E-state index in [1.54, 1.807) is 36.4 Å². The lowest BCUT2D eigenvalue weighted by molar-refractivity contribution is 0.0599. The Bertz CT molecular complexity index is 1230. The minimum absolute atomic E-state index is 0.0288. The molecule has 0 bridgehead atoms. The van der Waals surface area contributed by atoms with Gasteiger partial charge >= 0.3 is 5.97 Å². The molecule has 0 spiro atoms. The van der Waals surface area contributed by atoms with Crippen molar-refractivity contribution in [3.63, 3.8) is 0 Å². The van der Waals surface area contributed by atoms with Gasteiger partial charge in [0.05, 0.1) is 42.9 Å². The number of carbonyl (C=O) groups is 1. The molecule has 32 heavy (non-hydrogen) atoms. The van der Waals surface area contributed by atoms with E-state index in [9.17, 15) is 18.3 Å². The van der Waals surface area contributed by atoms with Crippen molar-refractivity contribution in [3.8, 4) is 0 Å². The number of carbonyl (C=O) groups excluding carboxylic acids is 1. The average Bonchev–Trinajstić information content (AvgIpc) is 3.19. The second-order valence-corrected chi connectivity index (χ2v) is 9.72. The van der Waals surface area contributed by atoms with Gasteiger partial charge in [0.2, 0.25) is 10.0 Å². The molecule has 0 aromatic heterocycles. The molecule has 8 heteroatoms. The van der Waals surface area contributed by atoms with Crippen LogP contribution in [0.15, 0.2) is 71.6 Å². The standard InChI is InChI=1S/C24H25NO6S/c1-30-24(27)20-8-4-5-17(11-20)15-31-16-21-13-22(26)14-25(21)32(28,29)23-10-9-18-6-2-3-7-19(18)12-23/h2-12,21-22,26H,13-16H2,1H3. The Morgan fingerprint density at radius 3 is 2.62 bits per heavy atom. The molecule has 2 unspecified atom stereocenters. The van der Waals surface area contributed by atoms with Crippen LogP contribution in [0.2, 0.25) is 0 Å². The Morgan fingerprint density at radius 2 is 1.84 bits per heavy atom. The molecule has 7 nitrogen and oxygen atoms in total. The van der Waals surface area contributed by atoms with Crippen molar-refractivity contribution in [1.29, 1.82) is 0 Å². The summed E-state index contributed by atoms with van der Waals surface area (Å²) in [5.74, 6) is -0.432. The molecule has 4 rings (SSSR count). The summed E-state index contributed by atoms with van der Waals surface area (Å²) < 4.78 is 38.5. The van der Waals surface area contributed by atoms with E-state index >= 15 is 0 Å². The Labute approximate surface area is 187 Å². The van der Waals surface area contributed by atoms with Crippen LogP contribution in [0.4, 0.5) is 0 Å². The van der Waals surface area contributed by atoms with Crippen LogP contribution in [-0.2, 0) is 26.1 Å². The van der Waals surface area contributed by atoms with Crippen LogP contribution in [0.25, 0.3) is 10.8 Å². The first-order chi connectivity index (χ1) is 15.4. The summed E-state index contributed by atoms with van der Waals surface area (Å²) in [4.78, 5) is 11.9. The van der Waals surface area contributed by atoms with E-state index in [0.717, 1.165) is 16.3 Å². The molecular weight excluding hydrogens is 430 g/mol. The van der Waals surface area contributed by atoms with E-state index in [4.69, 9.17) is 9.47 Å². The molecule has 1 aliphatic heterocycles. The van der Waals surface area contributed by atoms with Gasteiger partial charge in [0.25, 0.3) is 0 Å². The molecular formula is C24H25NO6S. The van der Waals surface area contributed by atoms with Crippen molar-refractivity contribution in [3.05, 3.63) is 77.9 Å². The minimum Gasteiger partial charge on any atom is -0.465 e. The molecule has 3 aromatic carbocycles. The fourth-order valence-electron chi connectivity index (χ4n) is 3.99. The summed E-state index contributed by atoms with van der Waals surface area (Å²) in [6.07, 6.45) is -0.448. The Morgan fingerprint density at radius 1 is 1.06 bits per heavy atom. The molecule has 0 aliphatic carbocycles. The number of nitrogens with zero attached hydrogens (tertiary/aromatic N) is 1. The van der Waals surface area contributed by atoms with Gasteiger partial charge in [-0.15, -0.1) is 0 Å². The van der Waals surface area contributed by atoms with Gasteiger partial charge in [-0.2, -0.15) is 4.31 Å². The van der Waals surface area contributed by atoms with Gasteiger partial charge in [0.15, 0.2) is 0 Å². The summed E-state index contributed by atoms with van der Waals surface area (Å²) in [5, 5.41) is 12.0. The van der Waals surface area contributed by atoms with Crippen LogP contribution in [0.3, 0.4) is 0 Å². The third-order valence-corrected chi connectivity index (χ3v) is 7.51. The lowest BCUT2D eigenvalue weighted by Crippen LogP contribution is -2.38. The molecule has 168 valence electrons. The predicted molar refractivity (Wildman–Crippen MR) is 120 cm³/mol. The van der Waals surface area contributed by atoms with Gasteiger partial charge in [0.1, 0.15) is 0 Å². The Hall–Kier alpha value is -2.78. The zero-order valence-corrected chi connectivity index (χ0v) is 18.5. The molecule has 1 fully saturated rings. The molecule has 2 atom stereocenters. The van der Waals surface area contributed by atoms with E-state index in [1.807, 2.05) is 30.3 Å². The van der Waals surface area contributed by atoms with Crippen molar-refractivity contribution in [1.82, 2.24) is 4.31 Å². The number of benzene rings is 3. The van der Waals surface area contributed by atoms with Gasteiger partial charge in [-0.25, -0.2) is 13.2 Å². The Balaban J connectivity index is 1.47. The number of rotatable bonds is 7. The third kappa shape index (κ3) is 4.68. The highest BCUT2D eigenvalue weighted by Crippen LogP contribution is 2.28. The van der Waals surface area contributed by atoms with E-state index in [-0.39, 0.29) is 24.7 Å². The number of fused-ring (bicyclic) bond motifs is 1. The normalized spacial score (nSPS) is 19.3. The number of ether oxygens (including phenoxy) is 2. The number of methoxy groups -OCH3 is 1. The fourth-order valence-corrected chi connectivity index (χ4v) is 5.68. The molecule has 1 N–H and O–H groups in total. The first kappa shape index (κ1) is 22.4. The lowest BCUT2D eigenvalue weighted by atomic mass is 10.1. The highest BCUT2D eigenvalue weighted by molar-refractivity contribution is 7.89. The van der Waals surface area contributed by atoms with E-state index in [2.05, 4.69) is 0 Å². The average molecular weight is 456 g/mol. The first-order valence-electron chi connectivity index (χ1n) is 10.3. The molecule has 1 saturated heterocycles. The summed E-state index contributed by atoms with van der Waals surface area (Å²) in [6, 6.07) is 19.0. The second kappa shape index (κ2) is 9.38. The molecule has 0 radical (unpaired) electrons. The largest absolute Gasteiger partial charge is 0.465 e. The number of sulfonamides is 1. The van der Waals surface area contributed by atoms with Crippen molar-refractivity contribution in [2.75, 3.05) is 20.3 Å². The summed E-state index contributed by atoms with van der Waals surface area (Å²) in [7, 11) is -2.48. The van der Waals surface area contributed by atoms with Crippen LogP contribution < -0.4 is 0 Å². The Kier molecular flexibility index (Phi) is 6.57. The van der Waals surface area contributed by atoms with Crippen LogP contribution in [-0.4, -0.2) is 56.2 Å². The van der Waals surface area contributed by atoms with E-state index in [0.29, 0.717) is 12.0 Å². The predicted octanol–water partition coefficient (Wildman–Crippen LogP) is 2.97. The van der Waals surface area contributed by atoms with Crippen LogP contribution in [0.5, 0.6) is 0 Å². The topological polar surface area (TPSA) is 93.1 Å². The van der Waals surface area contributed by atoms with Crippen LogP contribution >= 0.6 is 0 Å². The maximum atomic E-state index is 13.3. The number of β-amino-alcohol motifs (C(OH)–C–C–N with tert-alkyl or cyclic N) is 1. The highest BCUT2D eigenvalue weighted by atomic mass is 32.2. The second-order valence-electron chi connectivity index (χ2n) is 7.83. The third-order valence-electron chi connectivity index (χ3n) is 5.60. The molecule has 1 aliphatic rings. The molecule has 1 heterocycles. The quantitative estimate of drug-likeness (QED) is 0.551. The molecule has 3 aromatic rings. The monoisotopic (exact) mass is 455 g/mol. The minimum atomic E-state index is -3.80. The van der Waals surface area contributed by atoms with Crippen molar-refractivity contribution >= 4 is 26.8 Å². The number of esters is 1. The van der Waals surface area contributed by atoms with Gasteiger partial charge in [-0.05, 0) is 47.0 Å². The molecule has 0 amide bonds. The molecule has 0 saturated carbocycles. The number of aliphatic hydroxyl groups excluding tert-OH is 1. The van der Waals surface area contributed by atoms with Crippen LogP contribution in [0, 0.1) is 0 Å². The summed E-state index contributed by atoms with van der Waals surface area (Å²) >= 11 is 0. The van der Waals surface area contributed by atoms with Crippen molar-refractivity contribution < 1.29 is 27.8 Å². The highest BCUT2D eigenvalue weighted by Gasteiger charge is 2.39. The number of aliphatic hydroxyl groups is 1. The van der Waals surface area contributed by atoms with Gasteiger partial charge in [0, 0.05) is 6.54 Å².